The number of nitrogens with one attached hydrogen (secondary N) is 1. The average Bonchev–Trinajstić information content (AvgIpc) is 3.08. The van der Waals surface area contributed by atoms with Crippen molar-refractivity contribution in [1.82, 2.24) is 19.5 Å². The third-order valence-corrected chi connectivity index (χ3v) is 5.60. The molecular formula is C25H27N5O2. The van der Waals surface area contributed by atoms with Gasteiger partial charge in [0.2, 0.25) is 0 Å². The number of benzene rings is 2. The molecule has 4 rings (SSSR count). The van der Waals surface area contributed by atoms with Gasteiger partial charge in [0, 0.05) is 5.56 Å². The molecule has 0 saturated carbocycles. The molecule has 0 saturated heterocycles. The van der Waals surface area contributed by atoms with E-state index in [0.29, 0.717) is 23.1 Å². The van der Waals surface area contributed by atoms with Crippen molar-refractivity contribution in [3.63, 3.8) is 0 Å². The molecule has 0 aliphatic rings. The molecule has 7 heteroatoms. The highest BCUT2D eigenvalue weighted by atomic mass is 16.2. The molecule has 2 heterocycles. The zero-order chi connectivity index (χ0) is 23.2. The Bertz CT molecular complexity index is 1360. The number of aromatic nitrogens is 4. The highest BCUT2D eigenvalue weighted by molar-refractivity contribution is 6.02. The van der Waals surface area contributed by atoms with Crippen LogP contribution in [0.15, 0.2) is 53.3 Å². The van der Waals surface area contributed by atoms with Crippen LogP contribution in [0.1, 0.15) is 62.2 Å². The number of rotatable bonds is 4. The van der Waals surface area contributed by atoms with Crippen LogP contribution in [0.2, 0.25) is 0 Å². The molecular weight excluding hydrogens is 402 g/mol. The van der Waals surface area contributed by atoms with Crippen LogP contribution in [0.25, 0.3) is 28.2 Å². The van der Waals surface area contributed by atoms with E-state index < -0.39 is 11.6 Å². The van der Waals surface area contributed by atoms with Crippen LogP contribution in [0.3, 0.4) is 0 Å². The molecule has 0 unspecified atom stereocenters. The molecule has 4 aromatic rings. The summed E-state index contributed by atoms with van der Waals surface area (Å²) >= 11 is 0. The maximum Gasteiger partial charge on any atom is 0.332 e. The van der Waals surface area contributed by atoms with Crippen molar-refractivity contribution in [2.24, 2.45) is 5.73 Å². The van der Waals surface area contributed by atoms with Gasteiger partial charge in [0.25, 0.3) is 5.91 Å². The second-order valence-corrected chi connectivity index (χ2v) is 9.30. The quantitative estimate of drug-likeness (QED) is 0.504. The molecule has 2 aromatic carbocycles. The van der Waals surface area contributed by atoms with Crippen molar-refractivity contribution in [3.05, 3.63) is 75.8 Å². The highest BCUT2D eigenvalue weighted by Gasteiger charge is 2.21. The first kappa shape index (κ1) is 21.5. The molecule has 164 valence electrons. The highest BCUT2D eigenvalue weighted by Crippen LogP contribution is 2.26. The van der Waals surface area contributed by atoms with Crippen molar-refractivity contribution >= 4 is 17.1 Å². The second-order valence-electron chi connectivity index (χ2n) is 9.30. The third kappa shape index (κ3) is 3.82. The minimum Gasteiger partial charge on any atom is -0.364 e. The van der Waals surface area contributed by atoms with Crippen LogP contribution in [-0.2, 0) is 5.41 Å². The fourth-order valence-corrected chi connectivity index (χ4v) is 3.66. The average molecular weight is 430 g/mol. The zero-order valence-electron chi connectivity index (χ0n) is 18.9. The standard InChI is InChI=1S/C25H27N5O2/c1-14(2)15-6-8-16(9-7-15)22-27-19(21(26)31)20-23(29-22)30(24(32)28-20)18-12-10-17(11-13-18)25(3,4)5/h6-14H,1-5H3,(H2,26,31)(H,28,32). The summed E-state index contributed by atoms with van der Waals surface area (Å²) in [5.41, 5.74) is 9.41. The number of aromatic amines is 1. The fourth-order valence-electron chi connectivity index (χ4n) is 3.66. The molecule has 0 atom stereocenters. The Kier molecular flexibility index (Phi) is 5.20. The van der Waals surface area contributed by atoms with E-state index in [2.05, 4.69) is 49.6 Å². The maximum atomic E-state index is 12.9. The molecule has 0 aliphatic heterocycles. The summed E-state index contributed by atoms with van der Waals surface area (Å²) in [5, 5.41) is 0. The van der Waals surface area contributed by atoms with Crippen molar-refractivity contribution in [2.45, 2.75) is 46.0 Å². The molecule has 0 radical (unpaired) electrons. The number of H-pyrrole nitrogens is 1. The number of primary amides is 1. The monoisotopic (exact) mass is 429 g/mol. The first-order chi connectivity index (χ1) is 15.1. The van der Waals surface area contributed by atoms with Gasteiger partial charge in [-0.05, 0) is 34.6 Å². The van der Waals surface area contributed by atoms with E-state index in [9.17, 15) is 9.59 Å². The van der Waals surface area contributed by atoms with Crippen molar-refractivity contribution in [2.75, 3.05) is 0 Å². The lowest BCUT2D eigenvalue weighted by molar-refractivity contribution is 0.0997. The molecule has 7 nitrogen and oxygen atoms in total. The minimum atomic E-state index is -0.728. The second kappa shape index (κ2) is 7.75. The van der Waals surface area contributed by atoms with Crippen LogP contribution in [-0.4, -0.2) is 25.4 Å². The summed E-state index contributed by atoms with van der Waals surface area (Å²) in [6.45, 7) is 10.6. The molecule has 0 aliphatic carbocycles. The van der Waals surface area contributed by atoms with Gasteiger partial charge in [-0.15, -0.1) is 0 Å². The molecule has 0 spiro atoms. The minimum absolute atomic E-state index is 0.0136. The number of imidazole rings is 1. The van der Waals surface area contributed by atoms with Crippen molar-refractivity contribution in [3.8, 4) is 17.1 Å². The molecule has 1 amide bonds. The van der Waals surface area contributed by atoms with E-state index in [1.807, 2.05) is 48.5 Å². The molecule has 0 fully saturated rings. The Morgan fingerprint density at radius 1 is 1.00 bits per heavy atom. The third-order valence-electron chi connectivity index (χ3n) is 5.60. The summed E-state index contributed by atoms with van der Waals surface area (Å²) in [6, 6.07) is 15.6. The first-order valence-electron chi connectivity index (χ1n) is 10.6. The largest absolute Gasteiger partial charge is 0.364 e. The summed E-state index contributed by atoms with van der Waals surface area (Å²) in [6.07, 6.45) is 0. The number of nitrogens with two attached hydrogens (primary N) is 1. The van der Waals surface area contributed by atoms with E-state index in [1.54, 1.807) is 0 Å². The number of fused-ring (bicyclic) bond motifs is 1. The zero-order valence-corrected chi connectivity index (χ0v) is 18.9. The topological polar surface area (TPSA) is 107 Å². The Morgan fingerprint density at radius 3 is 2.16 bits per heavy atom. The number of hydrogen-bond acceptors (Lipinski definition) is 4. The number of carbonyl (C=O) groups is 1. The lowest BCUT2D eigenvalue weighted by atomic mass is 9.87. The number of hydrogen-bond donors (Lipinski definition) is 2. The first-order valence-corrected chi connectivity index (χ1v) is 10.6. The van der Waals surface area contributed by atoms with Gasteiger partial charge in [-0.2, -0.15) is 0 Å². The van der Waals surface area contributed by atoms with E-state index in [-0.39, 0.29) is 16.6 Å². The van der Waals surface area contributed by atoms with Crippen LogP contribution in [0.5, 0.6) is 0 Å². The SMILES string of the molecule is CC(C)c1ccc(-c2nc(C(N)=O)c3[nH]c(=O)n(-c4ccc(C(C)(C)C)cc4)c3n2)cc1. The van der Waals surface area contributed by atoms with Crippen LogP contribution in [0.4, 0.5) is 0 Å². The Labute approximate surface area is 186 Å². The molecule has 3 N–H and O–H groups in total. The smallest absolute Gasteiger partial charge is 0.332 e. The molecule has 32 heavy (non-hydrogen) atoms. The van der Waals surface area contributed by atoms with Gasteiger partial charge >= 0.3 is 5.69 Å². The Morgan fingerprint density at radius 2 is 1.62 bits per heavy atom. The lowest BCUT2D eigenvalue weighted by Crippen LogP contribution is -2.16. The van der Waals surface area contributed by atoms with E-state index >= 15 is 0 Å². The normalized spacial score (nSPS) is 11.9. The van der Waals surface area contributed by atoms with Crippen LogP contribution >= 0.6 is 0 Å². The summed E-state index contributed by atoms with van der Waals surface area (Å²) in [4.78, 5) is 36.7. The fraction of sp³-hybridized carbons (Fsp3) is 0.280. The van der Waals surface area contributed by atoms with Crippen LogP contribution in [0, 0.1) is 0 Å². The molecule has 0 bridgehead atoms. The van der Waals surface area contributed by atoms with Gasteiger partial charge in [0.15, 0.2) is 17.2 Å². The number of carbonyl (C=O) groups excluding carboxylic acids is 1. The van der Waals surface area contributed by atoms with E-state index in [4.69, 9.17) is 5.73 Å². The number of amides is 1. The summed E-state index contributed by atoms with van der Waals surface area (Å²) in [7, 11) is 0. The Balaban J connectivity index is 1.92. The maximum absolute atomic E-state index is 12.9. The van der Waals surface area contributed by atoms with Gasteiger partial charge in [-0.1, -0.05) is 71.0 Å². The van der Waals surface area contributed by atoms with Gasteiger partial charge in [-0.25, -0.2) is 19.3 Å². The predicted molar refractivity (Wildman–Crippen MR) is 126 cm³/mol. The van der Waals surface area contributed by atoms with Crippen molar-refractivity contribution < 1.29 is 4.79 Å². The van der Waals surface area contributed by atoms with E-state index in [1.165, 1.54) is 10.1 Å². The number of nitrogens with zero attached hydrogens (tertiary/aromatic N) is 3. The van der Waals surface area contributed by atoms with Gasteiger partial charge in [0.05, 0.1) is 5.69 Å². The Hall–Kier alpha value is -3.74. The predicted octanol–water partition coefficient (Wildman–Crippen LogP) is 4.30. The van der Waals surface area contributed by atoms with E-state index in [0.717, 1.165) is 11.1 Å². The lowest BCUT2D eigenvalue weighted by Gasteiger charge is -2.19. The van der Waals surface area contributed by atoms with Crippen molar-refractivity contribution in [1.29, 1.82) is 0 Å². The summed E-state index contributed by atoms with van der Waals surface area (Å²) < 4.78 is 1.45. The van der Waals surface area contributed by atoms with Gasteiger partial charge in [-0.3, -0.25) is 4.79 Å². The van der Waals surface area contributed by atoms with Gasteiger partial charge in [0.1, 0.15) is 5.52 Å². The molecule has 2 aromatic heterocycles. The van der Waals surface area contributed by atoms with Gasteiger partial charge < -0.3 is 10.7 Å². The summed E-state index contributed by atoms with van der Waals surface area (Å²) in [5.74, 6) is -0.00542. The van der Waals surface area contributed by atoms with Crippen LogP contribution < -0.4 is 11.4 Å².